The molecular weight excluding hydrogens is 338 g/mol. The third-order valence-electron chi connectivity index (χ3n) is 3.73. The number of benzene rings is 2. The average Bonchev–Trinajstić information content (AvgIpc) is 2.61. The van der Waals surface area contributed by atoms with Crippen molar-refractivity contribution in [3.63, 3.8) is 0 Å². The highest BCUT2D eigenvalue weighted by atomic mass is 16.6. The normalized spacial score (nSPS) is 11.5. The molecule has 0 radical (unpaired) electrons. The lowest BCUT2D eigenvalue weighted by molar-refractivity contribution is -0.383. The van der Waals surface area contributed by atoms with Gasteiger partial charge < -0.3 is 15.4 Å². The summed E-state index contributed by atoms with van der Waals surface area (Å²) in [4.78, 5) is 36.2. The van der Waals surface area contributed by atoms with Gasteiger partial charge in [0.2, 0.25) is 0 Å². The van der Waals surface area contributed by atoms with Crippen molar-refractivity contribution in [2.45, 2.75) is 19.6 Å². The molecule has 1 unspecified atom stereocenters. The molecule has 8 nitrogen and oxygen atoms in total. The van der Waals surface area contributed by atoms with E-state index >= 15 is 0 Å². The maximum atomic E-state index is 12.4. The number of esters is 1. The second-order valence-electron chi connectivity index (χ2n) is 5.76. The zero-order valence-corrected chi connectivity index (χ0v) is 14.4. The number of anilines is 1. The third kappa shape index (κ3) is 4.56. The Bertz CT molecular complexity index is 823. The van der Waals surface area contributed by atoms with Gasteiger partial charge in [0.15, 0.2) is 6.10 Å². The molecule has 0 bridgehead atoms. The SMILES string of the molecule is CC(OC(=O)c1ccc(N)c([N+](=O)[O-])c1)C(=O)N(C)Cc1ccccc1. The van der Waals surface area contributed by atoms with Gasteiger partial charge in [0.1, 0.15) is 5.69 Å². The van der Waals surface area contributed by atoms with Gasteiger partial charge in [-0.05, 0) is 24.6 Å². The fraction of sp³-hybridized carbons (Fsp3) is 0.222. The molecule has 0 aliphatic heterocycles. The first-order valence-electron chi connectivity index (χ1n) is 7.83. The summed E-state index contributed by atoms with van der Waals surface area (Å²) in [5.74, 6) is -1.21. The maximum absolute atomic E-state index is 12.4. The largest absolute Gasteiger partial charge is 0.449 e. The Balaban J connectivity index is 2.03. The fourth-order valence-corrected chi connectivity index (χ4v) is 2.35. The molecule has 0 aromatic heterocycles. The van der Waals surface area contributed by atoms with E-state index in [1.165, 1.54) is 24.0 Å². The minimum Gasteiger partial charge on any atom is -0.449 e. The zero-order valence-electron chi connectivity index (χ0n) is 14.4. The molecule has 0 saturated carbocycles. The highest BCUT2D eigenvalue weighted by Crippen LogP contribution is 2.23. The molecule has 0 saturated heterocycles. The molecule has 136 valence electrons. The first kappa shape index (κ1) is 18.9. The minimum atomic E-state index is -1.03. The van der Waals surface area contributed by atoms with E-state index in [9.17, 15) is 19.7 Å². The standard InChI is InChI=1S/C18H19N3O5/c1-12(17(22)20(2)11-13-6-4-3-5-7-13)26-18(23)14-8-9-15(19)16(10-14)21(24)25/h3-10,12H,11,19H2,1-2H3. The molecule has 26 heavy (non-hydrogen) atoms. The number of carbonyl (C=O) groups excluding carboxylic acids is 2. The van der Waals surface area contributed by atoms with Crippen LogP contribution in [-0.4, -0.2) is 34.9 Å². The van der Waals surface area contributed by atoms with Crippen molar-refractivity contribution in [2.75, 3.05) is 12.8 Å². The summed E-state index contributed by atoms with van der Waals surface area (Å²) in [6.45, 7) is 1.82. The van der Waals surface area contributed by atoms with Crippen LogP contribution in [0.15, 0.2) is 48.5 Å². The third-order valence-corrected chi connectivity index (χ3v) is 3.73. The highest BCUT2D eigenvalue weighted by Gasteiger charge is 2.24. The Morgan fingerprint density at radius 3 is 2.50 bits per heavy atom. The van der Waals surface area contributed by atoms with Gasteiger partial charge in [-0.1, -0.05) is 30.3 Å². The van der Waals surface area contributed by atoms with E-state index in [-0.39, 0.29) is 22.8 Å². The summed E-state index contributed by atoms with van der Waals surface area (Å²) >= 11 is 0. The molecule has 0 aliphatic carbocycles. The number of carbonyl (C=O) groups is 2. The van der Waals surface area contributed by atoms with Crippen LogP contribution in [0.2, 0.25) is 0 Å². The molecular formula is C18H19N3O5. The minimum absolute atomic E-state index is 0.0451. The number of nitro benzene ring substituents is 1. The lowest BCUT2D eigenvalue weighted by atomic mass is 10.1. The number of hydrogen-bond donors (Lipinski definition) is 1. The summed E-state index contributed by atoms with van der Waals surface area (Å²) in [6.07, 6.45) is -1.03. The Hall–Kier alpha value is -3.42. The van der Waals surface area contributed by atoms with Crippen LogP contribution in [0.5, 0.6) is 0 Å². The van der Waals surface area contributed by atoms with Crippen molar-refractivity contribution in [2.24, 2.45) is 0 Å². The quantitative estimate of drug-likeness (QED) is 0.367. The molecule has 8 heteroatoms. The van der Waals surface area contributed by atoms with Crippen molar-refractivity contribution in [3.05, 3.63) is 69.8 Å². The molecule has 2 aromatic carbocycles. The number of rotatable bonds is 6. The van der Waals surface area contributed by atoms with E-state index < -0.39 is 17.0 Å². The summed E-state index contributed by atoms with van der Waals surface area (Å²) in [6, 6.07) is 13.0. The number of nitrogens with zero attached hydrogens (tertiary/aromatic N) is 2. The van der Waals surface area contributed by atoms with Crippen LogP contribution in [0.25, 0.3) is 0 Å². The molecule has 0 fully saturated rings. The number of likely N-dealkylation sites (N-methyl/N-ethyl adjacent to an activating group) is 1. The van der Waals surface area contributed by atoms with E-state index in [0.717, 1.165) is 11.6 Å². The lowest BCUT2D eigenvalue weighted by Gasteiger charge is -2.21. The number of nitrogens with two attached hydrogens (primary N) is 1. The van der Waals surface area contributed by atoms with Gasteiger partial charge in [-0.15, -0.1) is 0 Å². The molecule has 0 heterocycles. The molecule has 1 atom stereocenters. The fourth-order valence-electron chi connectivity index (χ4n) is 2.35. The predicted octanol–water partition coefficient (Wildman–Crippen LogP) is 2.38. The van der Waals surface area contributed by atoms with Crippen molar-refractivity contribution in [3.8, 4) is 0 Å². The predicted molar refractivity (Wildman–Crippen MR) is 95.3 cm³/mol. The van der Waals surface area contributed by atoms with Crippen LogP contribution in [0.4, 0.5) is 11.4 Å². The van der Waals surface area contributed by atoms with Gasteiger partial charge in [0.25, 0.3) is 11.6 Å². The van der Waals surface area contributed by atoms with Crippen LogP contribution in [-0.2, 0) is 16.1 Å². The number of amides is 1. The Kier molecular flexibility index (Phi) is 5.90. The zero-order chi connectivity index (χ0) is 19.3. The Morgan fingerprint density at radius 2 is 1.88 bits per heavy atom. The van der Waals surface area contributed by atoms with Crippen LogP contribution in [0.3, 0.4) is 0 Å². The molecule has 2 rings (SSSR count). The van der Waals surface area contributed by atoms with Crippen LogP contribution in [0.1, 0.15) is 22.8 Å². The van der Waals surface area contributed by atoms with Crippen molar-refractivity contribution in [1.82, 2.24) is 4.90 Å². The summed E-state index contributed by atoms with van der Waals surface area (Å²) in [7, 11) is 1.60. The van der Waals surface area contributed by atoms with Crippen molar-refractivity contribution < 1.29 is 19.2 Å². The van der Waals surface area contributed by atoms with Gasteiger partial charge in [0.05, 0.1) is 10.5 Å². The Morgan fingerprint density at radius 1 is 1.23 bits per heavy atom. The summed E-state index contributed by atoms with van der Waals surface area (Å²) in [5.41, 5.74) is 5.95. The van der Waals surface area contributed by atoms with Crippen LogP contribution < -0.4 is 5.73 Å². The lowest BCUT2D eigenvalue weighted by Crippen LogP contribution is -2.37. The second-order valence-corrected chi connectivity index (χ2v) is 5.76. The molecule has 0 spiro atoms. The summed E-state index contributed by atoms with van der Waals surface area (Å²) < 4.78 is 5.14. The van der Waals surface area contributed by atoms with Crippen molar-refractivity contribution >= 4 is 23.3 Å². The highest BCUT2D eigenvalue weighted by molar-refractivity contribution is 5.93. The van der Waals surface area contributed by atoms with Crippen LogP contribution in [0, 0.1) is 10.1 Å². The second kappa shape index (κ2) is 8.11. The van der Waals surface area contributed by atoms with E-state index in [1.807, 2.05) is 30.3 Å². The maximum Gasteiger partial charge on any atom is 0.339 e. The van der Waals surface area contributed by atoms with E-state index in [1.54, 1.807) is 7.05 Å². The number of nitro groups is 1. The van der Waals surface area contributed by atoms with Crippen molar-refractivity contribution in [1.29, 1.82) is 0 Å². The van der Waals surface area contributed by atoms with Gasteiger partial charge >= 0.3 is 5.97 Å². The molecule has 2 N–H and O–H groups in total. The molecule has 2 aromatic rings. The average molecular weight is 357 g/mol. The van der Waals surface area contributed by atoms with Gasteiger partial charge in [-0.2, -0.15) is 0 Å². The molecule has 0 aliphatic rings. The van der Waals surface area contributed by atoms with Gasteiger partial charge in [-0.3, -0.25) is 14.9 Å². The van der Waals surface area contributed by atoms with Crippen LogP contribution >= 0.6 is 0 Å². The Labute approximate surface area is 150 Å². The first-order valence-corrected chi connectivity index (χ1v) is 7.83. The number of hydrogen-bond acceptors (Lipinski definition) is 6. The number of ether oxygens (including phenoxy) is 1. The van der Waals surface area contributed by atoms with Gasteiger partial charge in [0, 0.05) is 19.7 Å². The van der Waals surface area contributed by atoms with E-state index in [0.29, 0.717) is 6.54 Å². The number of nitrogen functional groups attached to an aromatic ring is 1. The van der Waals surface area contributed by atoms with Gasteiger partial charge in [-0.25, -0.2) is 4.79 Å². The van der Waals surface area contributed by atoms with E-state index in [4.69, 9.17) is 10.5 Å². The first-order chi connectivity index (χ1) is 12.3. The van der Waals surface area contributed by atoms with E-state index in [2.05, 4.69) is 0 Å². The summed E-state index contributed by atoms with van der Waals surface area (Å²) in [5, 5.41) is 10.9. The smallest absolute Gasteiger partial charge is 0.339 e. The monoisotopic (exact) mass is 357 g/mol. The molecule has 1 amide bonds. The topological polar surface area (TPSA) is 116 Å².